The minimum atomic E-state index is -1.79. The molecular weight excluding hydrogens is 594 g/mol. The lowest BCUT2D eigenvalue weighted by molar-refractivity contribution is -0.334. The van der Waals surface area contributed by atoms with E-state index in [2.05, 4.69) is 5.32 Å². The number of carbonyl (C=O) groups is 1. The van der Waals surface area contributed by atoms with E-state index < -0.39 is 109 Å². The number of hydrogen-bond donors (Lipinski definition) is 9. The lowest BCUT2D eigenvalue weighted by Gasteiger charge is -2.50. The van der Waals surface area contributed by atoms with E-state index in [0.29, 0.717) is 0 Å². The maximum absolute atomic E-state index is 12.4. The number of ether oxygens (including phenoxy) is 5. The van der Waals surface area contributed by atoms with Crippen molar-refractivity contribution < 1.29 is 69.3 Å². The molecule has 3 fully saturated rings. The Morgan fingerprint density at radius 2 is 1.47 bits per heavy atom. The zero-order valence-electron chi connectivity index (χ0n) is 23.6. The van der Waals surface area contributed by atoms with Crippen molar-refractivity contribution in [1.29, 1.82) is 0 Å². The van der Waals surface area contributed by atoms with Crippen LogP contribution in [0.5, 0.6) is 0 Å². The second-order valence-corrected chi connectivity index (χ2v) is 12.1. The molecule has 9 N–H and O–H groups in total. The number of hydrogen-bond acceptors (Lipinski definition) is 15. The molecule has 3 saturated heterocycles. The fourth-order valence-electron chi connectivity index (χ4n) is 5.28. The highest BCUT2D eigenvalue weighted by Gasteiger charge is 2.54. The fourth-order valence-corrected chi connectivity index (χ4v) is 6.91. The van der Waals surface area contributed by atoms with Gasteiger partial charge >= 0.3 is 0 Å². The quantitative estimate of drug-likeness (QED) is 0.121. The molecular formula is C27H41NO14S. The largest absolute Gasteiger partial charge is 0.394 e. The number of aliphatic hydroxyl groups is 8. The van der Waals surface area contributed by atoms with Gasteiger partial charge in [-0.1, -0.05) is 30.3 Å². The first kappa shape index (κ1) is 34.4. The van der Waals surface area contributed by atoms with Crippen LogP contribution in [0.15, 0.2) is 30.3 Å². The van der Waals surface area contributed by atoms with E-state index in [1.165, 1.54) is 13.8 Å². The lowest BCUT2D eigenvalue weighted by atomic mass is 9.97. The van der Waals surface area contributed by atoms with Crippen LogP contribution in [0.3, 0.4) is 0 Å². The van der Waals surface area contributed by atoms with Gasteiger partial charge in [-0.05, 0) is 12.5 Å². The Morgan fingerprint density at radius 3 is 2.09 bits per heavy atom. The molecule has 43 heavy (non-hydrogen) atoms. The molecule has 1 amide bonds. The molecule has 244 valence electrons. The summed E-state index contributed by atoms with van der Waals surface area (Å²) in [5.41, 5.74) is -0.392. The molecule has 16 heteroatoms. The van der Waals surface area contributed by atoms with Crippen molar-refractivity contribution in [2.24, 2.45) is 0 Å². The third-order valence-corrected chi connectivity index (χ3v) is 9.23. The molecule has 1 aromatic rings. The molecule has 0 aromatic heterocycles. The van der Waals surface area contributed by atoms with Crippen molar-refractivity contribution in [3.63, 3.8) is 0 Å². The third kappa shape index (κ3) is 7.85. The highest BCUT2D eigenvalue weighted by Crippen LogP contribution is 2.40. The van der Waals surface area contributed by atoms with Crippen LogP contribution in [0.4, 0.5) is 0 Å². The normalized spacial score (nSPS) is 43.7. The molecule has 0 bridgehead atoms. The van der Waals surface area contributed by atoms with E-state index in [4.69, 9.17) is 23.7 Å². The molecule has 3 aliphatic rings. The van der Waals surface area contributed by atoms with Gasteiger partial charge in [0.1, 0.15) is 60.4 Å². The minimum absolute atomic E-state index is 0.0554. The van der Waals surface area contributed by atoms with Crippen LogP contribution in [0.2, 0.25) is 0 Å². The first-order valence-corrected chi connectivity index (χ1v) is 14.9. The van der Waals surface area contributed by atoms with Crippen LogP contribution in [0, 0.1) is 0 Å². The molecule has 0 unspecified atom stereocenters. The predicted octanol–water partition coefficient (Wildman–Crippen LogP) is -3.46. The SMILES string of the molecule is CC(=O)N[C@H]1[C@H](OCc2ccccc2)O[C@H](CO)[C@@H](O[C@@H]2O[C@H](CO)[C@H](O)[C@H](O)[C@H]2O)[C@@H]1S[C@@H]1O[C@@H](C)[C@@H](O)[C@@H](O)[C@@H]1O. The van der Waals surface area contributed by atoms with Crippen LogP contribution in [-0.4, -0.2) is 150 Å². The van der Waals surface area contributed by atoms with Crippen LogP contribution in [0.25, 0.3) is 0 Å². The second kappa shape index (κ2) is 15.2. The van der Waals surface area contributed by atoms with E-state index in [1.807, 2.05) is 30.3 Å². The molecule has 3 heterocycles. The summed E-state index contributed by atoms with van der Waals surface area (Å²) >= 11 is 0.907. The maximum atomic E-state index is 12.4. The molecule has 15 atom stereocenters. The molecule has 0 aliphatic carbocycles. The van der Waals surface area contributed by atoms with Gasteiger partial charge in [-0.25, -0.2) is 0 Å². The predicted molar refractivity (Wildman–Crippen MR) is 147 cm³/mol. The number of aliphatic hydroxyl groups excluding tert-OH is 8. The van der Waals surface area contributed by atoms with E-state index in [1.54, 1.807) is 0 Å². The summed E-state index contributed by atoms with van der Waals surface area (Å²) in [7, 11) is 0. The fraction of sp³-hybridized carbons (Fsp3) is 0.741. The van der Waals surface area contributed by atoms with Crippen molar-refractivity contribution in [1.82, 2.24) is 5.32 Å². The van der Waals surface area contributed by atoms with Gasteiger partial charge in [0.2, 0.25) is 5.91 Å². The molecule has 0 radical (unpaired) electrons. The van der Waals surface area contributed by atoms with Crippen LogP contribution in [0.1, 0.15) is 19.4 Å². The zero-order chi connectivity index (χ0) is 31.4. The smallest absolute Gasteiger partial charge is 0.217 e. The molecule has 15 nitrogen and oxygen atoms in total. The van der Waals surface area contributed by atoms with Crippen molar-refractivity contribution in [2.45, 2.75) is 111 Å². The number of thioether (sulfide) groups is 1. The average molecular weight is 636 g/mol. The summed E-state index contributed by atoms with van der Waals surface area (Å²) < 4.78 is 29.5. The zero-order valence-corrected chi connectivity index (χ0v) is 24.4. The summed E-state index contributed by atoms with van der Waals surface area (Å²) in [6, 6.07) is 8.05. The van der Waals surface area contributed by atoms with Crippen molar-refractivity contribution in [3.8, 4) is 0 Å². The standard InChI is InChI=1S/C27H41NO14S/c1-11-17(32)19(34)22(37)27(39-11)43-24-16(28-12(2)31)25(38-10-13-6-4-3-5-7-13)41-15(9-30)23(24)42-26-21(36)20(35)18(33)14(8-29)40-26/h3-7,11,14-27,29-30,32-37H,8-10H2,1-2H3,(H,28,31)/t11-,14+,15+,16+,17+,18-,19+,20-,21+,22-,23+,24+,25+,26-,27-/m0/s1. The topological polar surface area (TPSA) is 237 Å². The van der Waals surface area contributed by atoms with Gasteiger partial charge in [0, 0.05) is 6.92 Å². The number of amides is 1. The second-order valence-electron chi connectivity index (χ2n) is 10.8. The third-order valence-electron chi connectivity index (χ3n) is 7.69. The van der Waals surface area contributed by atoms with E-state index in [9.17, 15) is 45.6 Å². The van der Waals surface area contributed by atoms with Gasteiger partial charge in [-0.2, -0.15) is 0 Å². The Hall–Kier alpha value is -1.48. The van der Waals surface area contributed by atoms with Crippen LogP contribution < -0.4 is 5.32 Å². The number of benzene rings is 1. The molecule has 4 rings (SSSR count). The number of nitrogens with one attached hydrogen (secondary N) is 1. The first-order valence-electron chi connectivity index (χ1n) is 14.0. The number of carbonyl (C=O) groups excluding carboxylic acids is 1. The van der Waals surface area contributed by atoms with Gasteiger partial charge in [0.25, 0.3) is 0 Å². The summed E-state index contributed by atoms with van der Waals surface area (Å²) in [5.74, 6) is -0.490. The number of rotatable bonds is 10. The Labute approximate surface area is 252 Å². The Kier molecular flexibility index (Phi) is 12.2. The van der Waals surface area contributed by atoms with Crippen molar-refractivity contribution in [3.05, 3.63) is 35.9 Å². The first-order chi connectivity index (χ1) is 20.5. The van der Waals surface area contributed by atoms with Gasteiger partial charge < -0.3 is 69.9 Å². The van der Waals surface area contributed by atoms with E-state index >= 15 is 0 Å². The monoisotopic (exact) mass is 635 g/mol. The van der Waals surface area contributed by atoms with Crippen LogP contribution in [-0.2, 0) is 35.1 Å². The summed E-state index contributed by atoms with van der Waals surface area (Å²) in [6.45, 7) is 1.46. The Balaban J connectivity index is 1.68. The van der Waals surface area contributed by atoms with Crippen molar-refractivity contribution in [2.75, 3.05) is 13.2 Å². The van der Waals surface area contributed by atoms with Crippen molar-refractivity contribution >= 4 is 17.7 Å². The van der Waals surface area contributed by atoms with Gasteiger partial charge in [0.15, 0.2) is 12.6 Å². The van der Waals surface area contributed by atoms with E-state index in [-0.39, 0.29) is 6.61 Å². The Morgan fingerprint density at radius 1 is 0.837 bits per heavy atom. The highest BCUT2D eigenvalue weighted by molar-refractivity contribution is 8.00. The van der Waals surface area contributed by atoms with E-state index in [0.717, 1.165) is 17.3 Å². The molecule has 0 saturated carbocycles. The summed E-state index contributed by atoms with van der Waals surface area (Å²) in [4.78, 5) is 12.4. The molecule has 1 aromatic carbocycles. The Bertz CT molecular complexity index is 1020. The van der Waals surface area contributed by atoms with Gasteiger partial charge in [-0.3, -0.25) is 4.79 Å². The van der Waals surface area contributed by atoms with Gasteiger partial charge in [-0.15, -0.1) is 11.8 Å². The highest BCUT2D eigenvalue weighted by atomic mass is 32.2. The summed E-state index contributed by atoms with van der Waals surface area (Å²) in [6.07, 6.45) is -17.2. The lowest BCUT2D eigenvalue weighted by Crippen LogP contribution is -2.67. The molecule has 3 aliphatic heterocycles. The maximum Gasteiger partial charge on any atom is 0.217 e. The molecule has 0 spiro atoms. The van der Waals surface area contributed by atoms with Crippen LogP contribution >= 0.6 is 11.8 Å². The minimum Gasteiger partial charge on any atom is -0.394 e. The van der Waals surface area contributed by atoms with Gasteiger partial charge in [0.05, 0.1) is 37.2 Å². The summed E-state index contributed by atoms with van der Waals surface area (Å²) in [5, 5.41) is 84.4. The average Bonchev–Trinajstić information content (AvgIpc) is 2.99.